The summed E-state index contributed by atoms with van der Waals surface area (Å²) in [5.41, 5.74) is 7.03. The fourth-order valence-electron chi connectivity index (χ4n) is 1.08. The molecule has 0 aliphatic rings. The molecule has 0 heterocycles. The van der Waals surface area contributed by atoms with Crippen molar-refractivity contribution in [2.24, 2.45) is 5.73 Å². The number of hydrogen-bond donors (Lipinski definition) is 2. The largest absolute Gasteiger partial charge is 0.480 e. The van der Waals surface area contributed by atoms with E-state index < -0.39 is 12.0 Å². The highest BCUT2D eigenvalue weighted by Crippen LogP contribution is 2.05. The molecule has 1 aromatic rings. The van der Waals surface area contributed by atoms with Crippen molar-refractivity contribution in [1.29, 1.82) is 0 Å². The van der Waals surface area contributed by atoms with E-state index in [2.05, 4.69) is 5.92 Å². The van der Waals surface area contributed by atoms with Crippen molar-refractivity contribution in [3.8, 4) is 12.3 Å². The summed E-state index contributed by atoms with van der Waals surface area (Å²) in [7, 11) is 0. The quantitative estimate of drug-likeness (QED) is 0.756. The predicted octanol–water partition coefficient (Wildman–Crippen LogP) is 1.04. The van der Waals surface area contributed by atoms with Crippen molar-refractivity contribution in [2.45, 2.75) is 12.5 Å². The molecule has 15 heavy (non-hydrogen) atoms. The van der Waals surface area contributed by atoms with Gasteiger partial charge >= 0.3 is 5.97 Å². The minimum atomic E-state index is -0.994. The van der Waals surface area contributed by atoms with Gasteiger partial charge in [0.15, 0.2) is 0 Å². The van der Waals surface area contributed by atoms with Crippen LogP contribution in [0.25, 0.3) is 0 Å². The molecule has 1 aromatic carbocycles. The van der Waals surface area contributed by atoms with Crippen LogP contribution in [0.2, 0.25) is 0 Å². The van der Waals surface area contributed by atoms with Gasteiger partial charge in [0.05, 0.1) is 0 Å². The van der Waals surface area contributed by atoms with Crippen molar-refractivity contribution in [2.75, 3.05) is 0 Å². The van der Waals surface area contributed by atoms with Crippen molar-refractivity contribution in [1.82, 2.24) is 0 Å². The Labute approximate surface area is 94.7 Å². The van der Waals surface area contributed by atoms with Crippen LogP contribution in [0.1, 0.15) is 11.1 Å². The smallest absolute Gasteiger partial charge is 0.320 e. The first-order valence-electron chi connectivity index (χ1n) is 4.17. The van der Waals surface area contributed by atoms with E-state index in [4.69, 9.17) is 17.3 Å². The zero-order chi connectivity index (χ0) is 10.6. The van der Waals surface area contributed by atoms with E-state index >= 15 is 0 Å². The normalized spacial score (nSPS) is 10.9. The standard InChI is InChI=1S/C11H11NO2.ClH/c1-2-8-3-5-9(6-4-8)7-10(12)11(13)14;/h1,3-6,10H,7,12H2,(H,13,14);1H. The summed E-state index contributed by atoms with van der Waals surface area (Å²) < 4.78 is 0. The van der Waals surface area contributed by atoms with E-state index in [1.54, 1.807) is 24.3 Å². The zero-order valence-electron chi connectivity index (χ0n) is 8.01. The van der Waals surface area contributed by atoms with Crippen LogP contribution in [-0.4, -0.2) is 17.1 Å². The first-order chi connectivity index (χ1) is 6.63. The second-order valence-electron chi connectivity index (χ2n) is 2.99. The second-order valence-corrected chi connectivity index (χ2v) is 2.99. The molecule has 1 atom stereocenters. The van der Waals surface area contributed by atoms with Gasteiger partial charge in [0.2, 0.25) is 0 Å². The molecule has 0 aromatic heterocycles. The van der Waals surface area contributed by atoms with Crippen LogP contribution in [0, 0.1) is 12.3 Å². The first kappa shape index (κ1) is 13.5. The number of carboxylic acid groups (broad SMARTS) is 1. The third-order valence-corrected chi connectivity index (χ3v) is 1.89. The van der Waals surface area contributed by atoms with Crippen LogP contribution in [0.5, 0.6) is 0 Å². The van der Waals surface area contributed by atoms with Crippen LogP contribution in [0.15, 0.2) is 24.3 Å². The summed E-state index contributed by atoms with van der Waals surface area (Å²) in [5.74, 6) is 1.49. The summed E-state index contributed by atoms with van der Waals surface area (Å²) in [6.07, 6.45) is 5.50. The van der Waals surface area contributed by atoms with Crippen molar-refractivity contribution >= 4 is 18.4 Å². The van der Waals surface area contributed by atoms with Gasteiger partial charge in [0.25, 0.3) is 0 Å². The lowest BCUT2D eigenvalue weighted by Gasteiger charge is -2.05. The highest BCUT2D eigenvalue weighted by atomic mass is 35.5. The fraction of sp³-hybridized carbons (Fsp3) is 0.182. The molecule has 1 rings (SSSR count). The lowest BCUT2D eigenvalue weighted by Crippen LogP contribution is -2.32. The molecule has 0 bridgehead atoms. The third-order valence-electron chi connectivity index (χ3n) is 1.89. The number of benzene rings is 1. The molecule has 0 saturated heterocycles. The maximum Gasteiger partial charge on any atom is 0.320 e. The number of terminal acetylenes is 1. The minimum Gasteiger partial charge on any atom is -0.480 e. The molecule has 0 spiro atoms. The molecule has 0 aliphatic heterocycles. The number of carbonyl (C=O) groups is 1. The Morgan fingerprint density at radius 2 is 2.00 bits per heavy atom. The van der Waals surface area contributed by atoms with Gasteiger partial charge in [-0.1, -0.05) is 18.1 Å². The van der Waals surface area contributed by atoms with Gasteiger partial charge in [-0.3, -0.25) is 4.79 Å². The topological polar surface area (TPSA) is 63.3 Å². The Hall–Kier alpha value is -1.50. The van der Waals surface area contributed by atoms with Crippen LogP contribution in [0.3, 0.4) is 0 Å². The zero-order valence-corrected chi connectivity index (χ0v) is 8.83. The Bertz CT molecular complexity index is 367. The van der Waals surface area contributed by atoms with E-state index in [9.17, 15) is 4.79 Å². The number of nitrogens with two attached hydrogens (primary N) is 1. The van der Waals surface area contributed by atoms with E-state index in [0.717, 1.165) is 11.1 Å². The minimum absolute atomic E-state index is 0. The van der Waals surface area contributed by atoms with Crippen molar-refractivity contribution in [3.63, 3.8) is 0 Å². The number of carboxylic acids is 1. The summed E-state index contributed by atoms with van der Waals surface area (Å²) in [6.45, 7) is 0. The van der Waals surface area contributed by atoms with Gasteiger partial charge in [-0.2, -0.15) is 0 Å². The Balaban J connectivity index is 0.00000196. The SMILES string of the molecule is C#Cc1ccc(CC(N)C(=O)O)cc1.Cl. The van der Waals surface area contributed by atoms with Gasteiger partial charge in [-0.15, -0.1) is 18.8 Å². The summed E-state index contributed by atoms with van der Waals surface area (Å²) in [5, 5.41) is 8.59. The van der Waals surface area contributed by atoms with Gasteiger partial charge in [-0.25, -0.2) is 0 Å². The van der Waals surface area contributed by atoms with Crippen molar-refractivity contribution in [3.05, 3.63) is 35.4 Å². The Morgan fingerprint density at radius 3 is 2.40 bits per heavy atom. The highest BCUT2D eigenvalue weighted by molar-refractivity contribution is 5.85. The molecule has 0 saturated carbocycles. The summed E-state index contributed by atoms with van der Waals surface area (Å²) in [4.78, 5) is 10.5. The number of halogens is 1. The monoisotopic (exact) mass is 225 g/mol. The van der Waals surface area contributed by atoms with Crippen LogP contribution >= 0.6 is 12.4 Å². The number of aliphatic carboxylic acids is 1. The lowest BCUT2D eigenvalue weighted by atomic mass is 10.1. The highest BCUT2D eigenvalue weighted by Gasteiger charge is 2.11. The summed E-state index contributed by atoms with van der Waals surface area (Å²) in [6, 6.07) is 6.26. The van der Waals surface area contributed by atoms with E-state index in [1.807, 2.05) is 0 Å². The maximum absolute atomic E-state index is 10.5. The molecule has 0 radical (unpaired) electrons. The number of hydrogen-bond acceptors (Lipinski definition) is 2. The molecule has 0 amide bonds. The van der Waals surface area contributed by atoms with Gasteiger partial charge in [0.1, 0.15) is 6.04 Å². The molecule has 4 heteroatoms. The average Bonchev–Trinajstić information content (AvgIpc) is 2.19. The Kier molecular flexibility index (Phi) is 5.46. The van der Waals surface area contributed by atoms with Gasteiger partial charge in [-0.05, 0) is 24.1 Å². The second kappa shape index (κ2) is 6.07. The Morgan fingerprint density at radius 1 is 1.47 bits per heavy atom. The predicted molar refractivity (Wildman–Crippen MR) is 60.9 cm³/mol. The molecule has 0 aliphatic carbocycles. The average molecular weight is 226 g/mol. The maximum atomic E-state index is 10.5. The molecule has 1 unspecified atom stereocenters. The van der Waals surface area contributed by atoms with E-state index in [0.29, 0.717) is 6.42 Å². The summed E-state index contributed by atoms with van der Waals surface area (Å²) >= 11 is 0. The molecule has 0 fully saturated rings. The molecule has 80 valence electrons. The fourth-order valence-corrected chi connectivity index (χ4v) is 1.08. The van der Waals surface area contributed by atoms with Crippen LogP contribution in [-0.2, 0) is 11.2 Å². The molecular formula is C11H12ClNO2. The lowest BCUT2D eigenvalue weighted by molar-refractivity contribution is -0.138. The first-order valence-corrected chi connectivity index (χ1v) is 4.17. The van der Waals surface area contributed by atoms with Crippen LogP contribution in [0.4, 0.5) is 0 Å². The van der Waals surface area contributed by atoms with Gasteiger partial charge < -0.3 is 10.8 Å². The van der Waals surface area contributed by atoms with E-state index in [-0.39, 0.29) is 12.4 Å². The number of rotatable bonds is 3. The third kappa shape index (κ3) is 4.03. The molecular weight excluding hydrogens is 214 g/mol. The molecule has 3 nitrogen and oxygen atoms in total. The van der Waals surface area contributed by atoms with Crippen molar-refractivity contribution < 1.29 is 9.90 Å². The van der Waals surface area contributed by atoms with E-state index in [1.165, 1.54) is 0 Å². The van der Waals surface area contributed by atoms with Crippen LogP contribution < -0.4 is 5.73 Å². The molecule has 3 N–H and O–H groups in total. The van der Waals surface area contributed by atoms with Gasteiger partial charge in [0, 0.05) is 5.56 Å².